The average Bonchev–Trinajstić information content (AvgIpc) is 2.77. The van der Waals surface area contributed by atoms with Crippen molar-refractivity contribution in [3.63, 3.8) is 0 Å². The van der Waals surface area contributed by atoms with Crippen LogP contribution in [-0.2, 0) is 16.1 Å². The number of ether oxygens (including phenoxy) is 3. The first-order valence-electron chi connectivity index (χ1n) is 9.82. The van der Waals surface area contributed by atoms with Gasteiger partial charge in [-0.3, -0.25) is 0 Å². The number of hydrogen-bond donors (Lipinski definition) is 0. The maximum atomic E-state index is 14.0. The zero-order valence-electron chi connectivity index (χ0n) is 17.3. The predicted molar refractivity (Wildman–Crippen MR) is 114 cm³/mol. The van der Waals surface area contributed by atoms with Crippen LogP contribution in [0.5, 0.6) is 11.5 Å². The van der Waals surface area contributed by atoms with Gasteiger partial charge in [0, 0.05) is 56.3 Å². The number of hydrogen-bond acceptors (Lipinski definition) is 6. The first kappa shape index (κ1) is 21.6. The average molecular weight is 414 g/mol. The summed E-state index contributed by atoms with van der Waals surface area (Å²) in [5, 5.41) is 3.99. The van der Waals surface area contributed by atoms with Crippen LogP contribution in [0.3, 0.4) is 0 Å². The standard InChI is InChI=1S/C23H27FN2O4/c1-17(27-3)26(2)21-6-4-5-19(11-21)16-29-22-12-20(24)13-23(14-22)30-25-15-18-7-9-28-10-8-18/h4-6,11-15,18H,1,7-10,16H2,2-3H3/b25-15-. The Bertz CT molecular complexity index is 881. The molecule has 1 saturated heterocycles. The molecule has 0 radical (unpaired) electrons. The number of rotatable bonds is 9. The summed E-state index contributed by atoms with van der Waals surface area (Å²) < 4.78 is 30.2. The van der Waals surface area contributed by atoms with E-state index >= 15 is 0 Å². The Balaban J connectivity index is 1.60. The zero-order chi connectivity index (χ0) is 21.3. The highest BCUT2D eigenvalue weighted by molar-refractivity contribution is 5.60. The third kappa shape index (κ3) is 6.22. The molecule has 0 aromatic heterocycles. The highest BCUT2D eigenvalue weighted by atomic mass is 19.1. The Hall–Kier alpha value is -3.06. The van der Waals surface area contributed by atoms with Gasteiger partial charge in [-0.15, -0.1) is 0 Å². The lowest BCUT2D eigenvalue weighted by atomic mass is 10.0. The third-order valence-corrected chi connectivity index (χ3v) is 4.85. The summed E-state index contributed by atoms with van der Waals surface area (Å²) in [6, 6.07) is 12.0. The van der Waals surface area contributed by atoms with E-state index in [4.69, 9.17) is 19.0 Å². The second-order valence-electron chi connectivity index (χ2n) is 7.03. The summed E-state index contributed by atoms with van der Waals surface area (Å²) in [5.74, 6) is 1.06. The van der Waals surface area contributed by atoms with Crippen LogP contribution in [0, 0.1) is 11.7 Å². The second-order valence-corrected chi connectivity index (χ2v) is 7.03. The van der Waals surface area contributed by atoms with E-state index in [0.29, 0.717) is 17.6 Å². The molecule has 1 fully saturated rings. The topological polar surface area (TPSA) is 52.5 Å². The van der Waals surface area contributed by atoms with E-state index in [-0.39, 0.29) is 12.4 Å². The Kier molecular flexibility index (Phi) is 7.68. The van der Waals surface area contributed by atoms with Gasteiger partial charge in [-0.1, -0.05) is 17.3 Å². The molecule has 0 saturated carbocycles. The van der Waals surface area contributed by atoms with Gasteiger partial charge in [-0.05, 0) is 37.1 Å². The monoisotopic (exact) mass is 414 g/mol. The zero-order valence-corrected chi connectivity index (χ0v) is 17.3. The lowest BCUT2D eigenvalue weighted by molar-refractivity contribution is 0.0833. The third-order valence-electron chi connectivity index (χ3n) is 4.85. The highest BCUT2D eigenvalue weighted by Gasteiger charge is 2.11. The molecule has 0 aliphatic carbocycles. The molecular formula is C23H27FN2O4. The molecule has 160 valence electrons. The highest BCUT2D eigenvalue weighted by Crippen LogP contribution is 2.25. The fourth-order valence-corrected chi connectivity index (χ4v) is 3.02. The smallest absolute Gasteiger partial charge is 0.185 e. The maximum Gasteiger partial charge on any atom is 0.185 e. The molecule has 1 heterocycles. The minimum Gasteiger partial charge on any atom is -0.489 e. The molecule has 0 unspecified atom stereocenters. The van der Waals surface area contributed by atoms with Crippen LogP contribution in [-0.4, -0.2) is 33.6 Å². The summed E-state index contributed by atoms with van der Waals surface area (Å²) >= 11 is 0. The fraction of sp³-hybridized carbons (Fsp3) is 0.348. The van der Waals surface area contributed by atoms with Crippen molar-refractivity contribution < 1.29 is 23.4 Å². The van der Waals surface area contributed by atoms with Crippen LogP contribution in [0.1, 0.15) is 18.4 Å². The van der Waals surface area contributed by atoms with E-state index < -0.39 is 5.82 Å². The van der Waals surface area contributed by atoms with E-state index in [9.17, 15) is 4.39 Å². The number of halogens is 1. The van der Waals surface area contributed by atoms with Gasteiger partial charge < -0.3 is 23.9 Å². The minimum absolute atomic E-state index is 0.273. The van der Waals surface area contributed by atoms with E-state index in [1.54, 1.807) is 19.4 Å². The van der Waals surface area contributed by atoms with Crippen LogP contribution in [0.2, 0.25) is 0 Å². The molecule has 0 spiro atoms. The van der Waals surface area contributed by atoms with E-state index in [2.05, 4.69) is 11.7 Å². The van der Waals surface area contributed by atoms with Gasteiger partial charge in [0.05, 0.1) is 7.11 Å². The molecule has 0 atom stereocenters. The molecule has 1 aliphatic rings. The molecule has 0 N–H and O–H groups in total. The molecule has 6 nitrogen and oxygen atoms in total. The van der Waals surface area contributed by atoms with Crippen molar-refractivity contribution in [3.8, 4) is 11.5 Å². The van der Waals surface area contributed by atoms with Crippen LogP contribution in [0.25, 0.3) is 0 Å². The molecule has 0 bridgehead atoms. The number of oxime groups is 1. The van der Waals surface area contributed by atoms with Crippen molar-refractivity contribution in [2.24, 2.45) is 11.1 Å². The van der Waals surface area contributed by atoms with Crippen molar-refractivity contribution in [1.29, 1.82) is 0 Å². The van der Waals surface area contributed by atoms with Crippen molar-refractivity contribution in [1.82, 2.24) is 0 Å². The quantitative estimate of drug-likeness (QED) is 0.337. The van der Waals surface area contributed by atoms with Gasteiger partial charge in [0.2, 0.25) is 0 Å². The van der Waals surface area contributed by atoms with Gasteiger partial charge >= 0.3 is 0 Å². The number of anilines is 1. The van der Waals surface area contributed by atoms with Crippen LogP contribution < -0.4 is 14.5 Å². The molecule has 2 aromatic rings. The molecular weight excluding hydrogens is 387 g/mol. The van der Waals surface area contributed by atoms with Gasteiger partial charge in [-0.2, -0.15) is 0 Å². The molecule has 2 aromatic carbocycles. The number of benzene rings is 2. The minimum atomic E-state index is -0.450. The summed E-state index contributed by atoms with van der Waals surface area (Å²) in [6.45, 7) is 5.57. The lowest BCUT2D eigenvalue weighted by Crippen LogP contribution is -2.16. The molecule has 30 heavy (non-hydrogen) atoms. The lowest BCUT2D eigenvalue weighted by Gasteiger charge is -2.20. The number of nitrogens with zero attached hydrogens (tertiary/aromatic N) is 2. The van der Waals surface area contributed by atoms with Gasteiger partial charge in [0.1, 0.15) is 18.2 Å². The molecule has 1 aliphatic heterocycles. The number of methoxy groups -OCH3 is 1. The Morgan fingerprint density at radius 1 is 1.23 bits per heavy atom. The maximum absolute atomic E-state index is 14.0. The van der Waals surface area contributed by atoms with Crippen LogP contribution in [0.15, 0.2) is 60.1 Å². The van der Waals surface area contributed by atoms with Crippen molar-refractivity contribution in [3.05, 3.63) is 66.3 Å². The van der Waals surface area contributed by atoms with Crippen molar-refractivity contribution >= 4 is 11.9 Å². The normalized spacial score (nSPS) is 14.5. The van der Waals surface area contributed by atoms with E-state index in [1.807, 2.05) is 36.2 Å². The second kappa shape index (κ2) is 10.6. The Morgan fingerprint density at radius 3 is 2.77 bits per heavy atom. The predicted octanol–water partition coefficient (Wildman–Crippen LogP) is 4.75. The summed E-state index contributed by atoms with van der Waals surface area (Å²) in [6.07, 6.45) is 3.58. The van der Waals surface area contributed by atoms with E-state index in [0.717, 1.165) is 37.3 Å². The van der Waals surface area contributed by atoms with Gasteiger partial charge in [0.25, 0.3) is 0 Å². The van der Waals surface area contributed by atoms with Crippen molar-refractivity contribution in [2.75, 3.05) is 32.3 Å². The molecule has 0 amide bonds. The van der Waals surface area contributed by atoms with E-state index in [1.165, 1.54) is 12.1 Å². The van der Waals surface area contributed by atoms with Gasteiger partial charge in [-0.25, -0.2) is 4.39 Å². The SMILES string of the molecule is C=C(OC)N(C)c1cccc(COc2cc(F)cc(O/N=C\C3CCOCC3)c2)c1. The summed E-state index contributed by atoms with van der Waals surface area (Å²) in [7, 11) is 3.44. The largest absolute Gasteiger partial charge is 0.489 e. The fourth-order valence-electron chi connectivity index (χ4n) is 3.02. The molecule has 7 heteroatoms. The van der Waals surface area contributed by atoms with Crippen LogP contribution >= 0.6 is 0 Å². The van der Waals surface area contributed by atoms with Gasteiger partial charge in [0.15, 0.2) is 11.6 Å². The summed E-state index contributed by atoms with van der Waals surface area (Å²) in [5.41, 5.74) is 1.83. The first-order chi connectivity index (χ1) is 14.5. The Morgan fingerprint density at radius 2 is 2.00 bits per heavy atom. The molecule has 3 rings (SSSR count). The summed E-state index contributed by atoms with van der Waals surface area (Å²) in [4.78, 5) is 7.18. The first-order valence-corrected chi connectivity index (χ1v) is 9.82. The van der Waals surface area contributed by atoms with Crippen LogP contribution in [0.4, 0.5) is 10.1 Å². The Labute approximate surface area is 176 Å². The van der Waals surface area contributed by atoms with Crippen molar-refractivity contribution in [2.45, 2.75) is 19.4 Å².